The third kappa shape index (κ3) is 2.09. The number of carbonyl (C=O) groups excluding carboxylic acids is 1. The maximum Gasteiger partial charge on any atom is 0.136 e. The van der Waals surface area contributed by atoms with Gasteiger partial charge in [-0.1, -0.05) is 24.6 Å². The van der Waals surface area contributed by atoms with E-state index in [1.165, 1.54) is 0 Å². The second-order valence-corrected chi connectivity index (χ2v) is 6.11. The van der Waals surface area contributed by atoms with Crippen LogP contribution in [-0.2, 0) is 15.6 Å². The Hall–Kier alpha value is -0.960. The number of ketones is 1. The lowest BCUT2D eigenvalue weighted by Gasteiger charge is -2.13. The molecule has 0 radical (unpaired) electrons. The number of aryl methyl sites for hydroxylation is 1. The second kappa shape index (κ2) is 4.50. The van der Waals surface area contributed by atoms with Crippen LogP contribution in [0.4, 0.5) is 0 Å². The zero-order valence-electron chi connectivity index (χ0n) is 9.60. The van der Waals surface area contributed by atoms with Gasteiger partial charge in [0.25, 0.3) is 0 Å². The summed E-state index contributed by atoms with van der Waals surface area (Å²) in [6, 6.07) is 7.74. The molecule has 0 amide bonds. The number of hydrogen-bond donors (Lipinski definition) is 0. The number of rotatable bonds is 2. The van der Waals surface area contributed by atoms with Crippen molar-refractivity contribution in [3.8, 4) is 0 Å². The lowest BCUT2D eigenvalue weighted by Crippen LogP contribution is -2.21. The fraction of sp³-hybridized carbons (Fsp3) is 0.462. The van der Waals surface area contributed by atoms with Crippen LogP contribution in [0.1, 0.15) is 25.3 Å². The van der Waals surface area contributed by atoms with Crippen molar-refractivity contribution in [3.05, 3.63) is 29.8 Å². The number of hydrogen-bond acceptors (Lipinski definition) is 2. The molecule has 3 atom stereocenters. The normalized spacial score (nSPS) is 27.0. The summed E-state index contributed by atoms with van der Waals surface area (Å²) in [7, 11) is -1.04. The van der Waals surface area contributed by atoms with Crippen molar-refractivity contribution in [2.75, 3.05) is 0 Å². The highest BCUT2D eigenvalue weighted by Gasteiger charge is 2.35. The fourth-order valence-corrected chi connectivity index (χ4v) is 3.72. The van der Waals surface area contributed by atoms with Crippen LogP contribution in [0.5, 0.6) is 0 Å². The van der Waals surface area contributed by atoms with Crippen LogP contribution in [0, 0.1) is 12.8 Å². The SMILES string of the molecule is Cc1ccc(S(=O)C2CCC(=O)C2C)cc1. The Morgan fingerprint density at radius 1 is 1.25 bits per heavy atom. The molecule has 1 aliphatic rings. The molecule has 0 aromatic heterocycles. The van der Waals surface area contributed by atoms with Crippen molar-refractivity contribution in [2.45, 2.75) is 36.8 Å². The zero-order valence-corrected chi connectivity index (χ0v) is 10.4. The molecular formula is C13H16O2S. The predicted octanol–water partition coefficient (Wildman–Crippen LogP) is 2.47. The molecule has 1 fully saturated rings. The first-order valence-electron chi connectivity index (χ1n) is 5.59. The van der Waals surface area contributed by atoms with Gasteiger partial charge in [0, 0.05) is 22.5 Å². The summed E-state index contributed by atoms with van der Waals surface area (Å²) in [6.07, 6.45) is 1.35. The third-order valence-corrected chi connectivity index (χ3v) is 5.20. The second-order valence-electron chi connectivity index (χ2n) is 4.44. The summed E-state index contributed by atoms with van der Waals surface area (Å²) in [4.78, 5) is 12.3. The molecule has 1 aromatic carbocycles. The first-order chi connectivity index (χ1) is 7.59. The van der Waals surface area contributed by atoms with Crippen molar-refractivity contribution in [1.29, 1.82) is 0 Å². The number of benzene rings is 1. The smallest absolute Gasteiger partial charge is 0.136 e. The van der Waals surface area contributed by atoms with Gasteiger partial charge in [-0.3, -0.25) is 9.00 Å². The molecule has 3 unspecified atom stereocenters. The van der Waals surface area contributed by atoms with Gasteiger partial charge in [0.2, 0.25) is 0 Å². The molecule has 0 N–H and O–H groups in total. The van der Waals surface area contributed by atoms with Crippen LogP contribution in [0.2, 0.25) is 0 Å². The maximum absolute atomic E-state index is 12.3. The summed E-state index contributed by atoms with van der Waals surface area (Å²) in [5, 5.41) is 0.00945. The highest BCUT2D eigenvalue weighted by atomic mass is 32.2. The average molecular weight is 236 g/mol. The van der Waals surface area contributed by atoms with E-state index in [1.54, 1.807) is 0 Å². The van der Waals surface area contributed by atoms with Crippen molar-refractivity contribution < 1.29 is 9.00 Å². The van der Waals surface area contributed by atoms with E-state index in [0.29, 0.717) is 6.42 Å². The van der Waals surface area contributed by atoms with Gasteiger partial charge in [-0.15, -0.1) is 0 Å². The Bertz CT molecular complexity index is 422. The first kappa shape index (κ1) is 11.5. The van der Waals surface area contributed by atoms with Crippen molar-refractivity contribution in [1.82, 2.24) is 0 Å². The van der Waals surface area contributed by atoms with Crippen LogP contribution in [0.3, 0.4) is 0 Å². The maximum atomic E-state index is 12.3. The quantitative estimate of drug-likeness (QED) is 0.790. The van der Waals surface area contributed by atoms with E-state index in [1.807, 2.05) is 38.1 Å². The zero-order chi connectivity index (χ0) is 11.7. The van der Waals surface area contributed by atoms with Crippen LogP contribution in [0.15, 0.2) is 29.2 Å². The molecule has 1 aliphatic carbocycles. The van der Waals surface area contributed by atoms with Crippen molar-refractivity contribution in [2.24, 2.45) is 5.92 Å². The summed E-state index contributed by atoms with van der Waals surface area (Å²) in [5.74, 6) is 0.201. The number of Topliss-reactive ketones (excluding diaryl/α,β-unsaturated/α-hetero) is 1. The molecule has 2 nitrogen and oxygen atoms in total. The van der Waals surface area contributed by atoms with E-state index in [0.717, 1.165) is 16.9 Å². The molecule has 86 valence electrons. The van der Waals surface area contributed by atoms with Crippen LogP contribution in [-0.4, -0.2) is 15.2 Å². The third-order valence-electron chi connectivity index (χ3n) is 3.27. The molecule has 0 heterocycles. The van der Waals surface area contributed by atoms with E-state index >= 15 is 0 Å². The monoisotopic (exact) mass is 236 g/mol. The Labute approximate surface area is 98.5 Å². The predicted molar refractivity (Wildman–Crippen MR) is 64.8 cm³/mol. The minimum atomic E-state index is -1.04. The molecule has 0 spiro atoms. The van der Waals surface area contributed by atoms with Crippen LogP contribution < -0.4 is 0 Å². The molecular weight excluding hydrogens is 220 g/mol. The van der Waals surface area contributed by atoms with Crippen LogP contribution in [0.25, 0.3) is 0 Å². The largest absolute Gasteiger partial charge is 0.299 e. The molecule has 16 heavy (non-hydrogen) atoms. The van der Waals surface area contributed by atoms with E-state index in [2.05, 4.69) is 0 Å². The van der Waals surface area contributed by atoms with Crippen molar-refractivity contribution in [3.63, 3.8) is 0 Å². The molecule has 1 saturated carbocycles. The van der Waals surface area contributed by atoms with Gasteiger partial charge in [0.05, 0.1) is 10.8 Å². The Kier molecular flexibility index (Phi) is 3.24. The Balaban J connectivity index is 2.19. The van der Waals surface area contributed by atoms with Gasteiger partial charge in [-0.2, -0.15) is 0 Å². The first-order valence-corrected chi connectivity index (χ1v) is 6.81. The minimum absolute atomic E-state index is 0.00945. The molecule has 1 aromatic rings. The van der Waals surface area contributed by atoms with E-state index in [4.69, 9.17) is 0 Å². The molecule has 3 heteroatoms. The highest BCUT2D eigenvalue weighted by molar-refractivity contribution is 7.85. The lowest BCUT2D eigenvalue weighted by molar-refractivity contribution is -0.120. The summed E-state index contributed by atoms with van der Waals surface area (Å²) in [6.45, 7) is 3.90. The molecule has 0 aliphatic heterocycles. The standard InChI is InChI=1S/C13H16O2S/c1-9-3-5-11(6-4-9)16(15)13-8-7-12(14)10(13)2/h3-6,10,13H,7-8H2,1-2H3. The van der Waals surface area contributed by atoms with Gasteiger partial charge in [0.1, 0.15) is 5.78 Å². The van der Waals surface area contributed by atoms with Gasteiger partial charge in [0.15, 0.2) is 0 Å². The van der Waals surface area contributed by atoms with Crippen LogP contribution >= 0.6 is 0 Å². The Morgan fingerprint density at radius 3 is 2.38 bits per heavy atom. The van der Waals surface area contributed by atoms with Crippen molar-refractivity contribution >= 4 is 16.6 Å². The highest BCUT2D eigenvalue weighted by Crippen LogP contribution is 2.29. The molecule has 0 saturated heterocycles. The summed E-state index contributed by atoms with van der Waals surface area (Å²) >= 11 is 0. The van der Waals surface area contributed by atoms with E-state index < -0.39 is 10.8 Å². The average Bonchev–Trinajstić information content (AvgIpc) is 2.60. The lowest BCUT2D eigenvalue weighted by atomic mass is 10.1. The Morgan fingerprint density at radius 2 is 1.88 bits per heavy atom. The van der Waals surface area contributed by atoms with Gasteiger partial charge in [-0.25, -0.2) is 0 Å². The minimum Gasteiger partial charge on any atom is -0.299 e. The summed E-state index contributed by atoms with van der Waals surface area (Å²) < 4.78 is 12.3. The molecule has 2 rings (SSSR count). The fourth-order valence-electron chi connectivity index (χ4n) is 2.11. The van der Waals surface area contributed by atoms with Gasteiger partial charge in [-0.05, 0) is 25.5 Å². The number of carbonyl (C=O) groups is 1. The topological polar surface area (TPSA) is 34.1 Å². The molecule has 0 bridgehead atoms. The van der Waals surface area contributed by atoms with E-state index in [-0.39, 0.29) is 17.0 Å². The van der Waals surface area contributed by atoms with E-state index in [9.17, 15) is 9.00 Å². The summed E-state index contributed by atoms with van der Waals surface area (Å²) in [5.41, 5.74) is 1.16. The van der Waals surface area contributed by atoms with Gasteiger partial charge < -0.3 is 0 Å². The van der Waals surface area contributed by atoms with Gasteiger partial charge >= 0.3 is 0 Å².